The van der Waals surface area contributed by atoms with Crippen LogP contribution in [-0.4, -0.2) is 66.6 Å². The Hall–Kier alpha value is -2.19. The average molecular weight is 481 g/mol. The first-order valence-electron chi connectivity index (χ1n) is 12.2. The maximum absolute atomic E-state index is 13.4. The van der Waals surface area contributed by atoms with Crippen molar-refractivity contribution in [3.63, 3.8) is 0 Å². The molecule has 0 radical (unpaired) electrons. The van der Waals surface area contributed by atoms with Crippen LogP contribution in [0.5, 0.6) is 0 Å². The molecule has 0 aromatic heterocycles. The number of methoxy groups -OCH3 is 1. The highest BCUT2D eigenvalue weighted by Crippen LogP contribution is 2.31. The van der Waals surface area contributed by atoms with Gasteiger partial charge in [-0.2, -0.15) is 0 Å². The molecule has 0 unspecified atom stereocenters. The lowest BCUT2D eigenvalue weighted by molar-refractivity contribution is -0.149. The second-order valence-electron chi connectivity index (χ2n) is 10.4. The van der Waals surface area contributed by atoms with Gasteiger partial charge < -0.3 is 19.9 Å². The van der Waals surface area contributed by atoms with Crippen molar-refractivity contribution in [3.8, 4) is 0 Å². The quantitative estimate of drug-likeness (QED) is 0.494. The largest absolute Gasteiger partial charge is 0.468 e. The molecule has 0 bridgehead atoms. The van der Waals surface area contributed by atoms with Gasteiger partial charge in [-0.3, -0.25) is 9.69 Å². The topological polar surface area (TPSA) is 88.1 Å². The van der Waals surface area contributed by atoms with Gasteiger partial charge >= 0.3 is 12.1 Å². The fourth-order valence-corrected chi connectivity index (χ4v) is 4.59. The molecule has 1 aliphatic carbocycles. The van der Waals surface area contributed by atoms with Crippen LogP contribution in [0.3, 0.4) is 0 Å². The molecule has 1 amide bonds. The van der Waals surface area contributed by atoms with Crippen LogP contribution >= 0.6 is 0 Å². The number of esters is 1. The van der Waals surface area contributed by atoms with Gasteiger partial charge in [0.25, 0.3) is 0 Å². The SMILES string of the molecule is COC(=O)[C@H](CO)N(C[C@H](Cc1ccc(F)cc1)NC(=O)OC(C)(C)C)C[C@@H]1CCCC[C@H]1C. The third kappa shape index (κ3) is 9.22. The zero-order chi connectivity index (χ0) is 25.3. The predicted octanol–water partition coefficient (Wildman–Crippen LogP) is 3.92. The third-order valence-electron chi connectivity index (χ3n) is 6.42. The highest BCUT2D eigenvalue weighted by Gasteiger charge is 2.33. The van der Waals surface area contributed by atoms with Crippen LogP contribution in [-0.2, 0) is 20.7 Å². The number of benzene rings is 1. The Balaban J connectivity index is 2.28. The van der Waals surface area contributed by atoms with E-state index in [9.17, 15) is 19.1 Å². The molecule has 1 saturated carbocycles. The van der Waals surface area contributed by atoms with Crippen molar-refractivity contribution in [2.24, 2.45) is 11.8 Å². The molecule has 1 aliphatic rings. The summed E-state index contributed by atoms with van der Waals surface area (Å²) in [6.07, 6.45) is 4.37. The van der Waals surface area contributed by atoms with Gasteiger partial charge in [0.15, 0.2) is 0 Å². The van der Waals surface area contributed by atoms with Gasteiger partial charge in [-0.15, -0.1) is 0 Å². The van der Waals surface area contributed by atoms with Crippen molar-refractivity contribution in [1.29, 1.82) is 0 Å². The molecule has 0 saturated heterocycles. The smallest absolute Gasteiger partial charge is 0.407 e. The van der Waals surface area contributed by atoms with Gasteiger partial charge in [0, 0.05) is 19.1 Å². The second kappa shape index (κ2) is 13.0. The van der Waals surface area contributed by atoms with Gasteiger partial charge in [-0.05, 0) is 63.1 Å². The minimum atomic E-state index is -0.838. The van der Waals surface area contributed by atoms with E-state index >= 15 is 0 Å². The van der Waals surface area contributed by atoms with Gasteiger partial charge in [0.05, 0.1) is 13.7 Å². The fourth-order valence-electron chi connectivity index (χ4n) is 4.59. The van der Waals surface area contributed by atoms with E-state index in [0.717, 1.165) is 24.8 Å². The number of aliphatic hydroxyl groups excluding tert-OH is 1. The van der Waals surface area contributed by atoms with Crippen LogP contribution < -0.4 is 5.32 Å². The zero-order valence-corrected chi connectivity index (χ0v) is 21.2. The highest BCUT2D eigenvalue weighted by atomic mass is 19.1. The standard InChI is InChI=1S/C26H41FN2O5/c1-18-8-6-7-9-20(18)15-29(23(17-30)24(31)33-5)16-22(28-25(32)34-26(2,3)4)14-19-10-12-21(27)13-11-19/h10-13,18,20,22-23,30H,6-9,14-17H2,1-5H3,(H,28,32)/t18-,20+,22+,23+/m1/s1. The summed E-state index contributed by atoms with van der Waals surface area (Å²) in [7, 11) is 1.31. The Labute approximate surface area is 203 Å². The Morgan fingerprint density at radius 3 is 2.41 bits per heavy atom. The predicted molar refractivity (Wildman–Crippen MR) is 129 cm³/mol. The number of nitrogens with zero attached hydrogens (tertiary/aromatic N) is 1. The summed E-state index contributed by atoms with van der Waals surface area (Å²) in [4.78, 5) is 27.1. The highest BCUT2D eigenvalue weighted by molar-refractivity contribution is 5.75. The minimum absolute atomic E-state index is 0.306. The third-order valence-corrected chi connectivity index (χ3v) is 6.42. The summed E-state index contributed by atoms with van der Waals surface area (Å²) in [5, 5.41) is 13.0. The lowest BCUT2D eigenvalue weighted by Gasteiger charge is -2.38. The van der Waals surface area contributed by atoms with E-state index in [1.165, 1.54) is 25.7 Å². The van der Waals surface area contributed by atoms with E-state index in [4.69, 9.17) is 9.47 Å². The van der Waals surface area contributed by atoms with Gasteiger partial charge in [-0.1, -0.05) is 38.3 Å². The number of alkyl carbamates (subject to hydrolysis) is 1. The van der Waals surface area contributed by atoms with Gasteiger partial charge in [-0.25, -0.2) is 9.18 Å². The first kappa shape index (κ1) is 28.1. The summed E-state index contributed by atoms with van der Waals surface area (Å²) in [6, 6.07) is 4.85. The van der Waals surface area contributed by atoms with Crippen LogP contribution in [0.15, 0.2) is 24.3 Å². The summed E-state index contributed by atoms with van der Waals surface area (Å²) in [6.45, 7) is 8.12. The monoisotopic (exact) mass is 480 g/mol. The van der Waals surface area contributed by atoms with E-state index in [-0.39, 0.29) is 12.4 Å². The van der Waals surface area contributed by atoms with Crippen LogP contribution in [0.1, 0.15) is 58.9 Å². The number of carbonyl (C=O) groups excluding carboxylic acids is 2. The lowest BCUT2D eigenvalue weighted by Crippen LogP contribution is -2.54. The van der Waals surface area contributed by atoms with Crippen LogP contribution in [0.4, 0.5) is 9.18 Å². The number of hydrogen-bond acceptors (Lipinski definition) is 6. The van der Waals surface area contributed by atoms with Crippen LogP contribution in [0.2, 0.25) is 0 Å². The molecule has 1 aromatic carbocycles. The Morgan fingerprint density at radius 2 is 1.85 bits per heavy atom. The van der Waals surface area contributed by atoms with E-state index < -0.39 is 29.7 Å². The van der Waals surface area contributed by atoms with E-state index in [1.807, 2.05) is 4.90 Å². The molecule has 1 aromatic rings. The number of hydrogen-bond donors (Lipinski definition) is 2. The molecule has 4 atom stereocenters. The van der Waals surface area contributed by atoms with Gasteiger partial charge in [0.1, 0.15) is 17.5 Å². The normalized spacial score (nSPS) is 20.5. The number of halogens is 1. The van der Waals surface area contributed by atoms with Crippen molar-refractivity contribution >= 4 is 12.1 Å². The lowest BCUT2D eigenvalue weighted by atomic mass is 9.80. The molecule has 34 heavy (non-hydrogen) atoms. The number of aliphatic hydroxyl groups is 1. The average Bonchev–Trinajstić information content (AvgIpc) is 2.75. The van der Waals surface area contributed by atoms with Crippen LogP contribution in [0, 0.1) is 17.7 Å². The number of carbonyl (C=O) groups is 2. The van der Waals surface area contributed by atoms with Crippen molar-refractivity contribution < 1.29 is 28.6 Å². The fraction of sp³-hybridized carbons (Fsp3) is 0.692. The Kier molecular flexibility index (Phi) is 10.8. The first-order chi connectivity index (χ1) is 16.0. The van der Waals surface area contributed by atoms with Crippen molar-refractivity contribution in [3.05, 3.63) is 35.6 Å². The molecule has 2 rings (SSSR count). The van der Waals surface area contributed by atoms with Crippen molar-refractivity contribution in [2.75, 3.05) is 26.8 Å². The number of ether oxygens (including phenoxy) is 2. The van der Waals surface area contributed by atoms with E-state index in [1.54, 1.807) is 32.9 Å². The molecular weight excluding hydrogens is 439 g/mol. The summed E-state index contributed by atoms with van der Waals surface area (Å²) >= 11 is 0. The Morgan fingerprint density at radius 1 is 1.21 bits per heavy atom. The summed E-state index contributed by atoms with van der Waals surface area (Å²) in [5.74, 6) is 0.0335. The minimum Gasteiger partial charge on any atom is -0.468 e. The number of rotatable bonds is 10. The van der Waals surface area contributed by atoms with Gasteiger partial charge in [0.2, 0.25) is 0 Å². The number of nitrogens with one attached hydrogen (secondary N) is 1. The second-order valence-corrected chi connectivity index (χ2v) is 10.4. The zero-order valence-electron chi connectivity index (χ0n) is 21.2. The number of amides is 1. The van der Waals surface area contributed by atoms with E-state index in [0.29, 0.717) is 31.3 Å². The van der Waals surface area contributed by atoms with Crippen molar-refractivity contribution in [1.82, 2.24) is 10.2 Å². The first-order valence-corrected chi connectivity index (χ1v) is 12.2. The molecule has 0 aliphatic heterocycles. The molecule has 0 heterocycles. The molecule has 7 nitrogen and oxygen atoms in total. The maximum Gasteiger partial charge on any atom is 0.407 e. The Bertz CT molecular complexity index is 780. The molecule has 2 N–H and O–H groups in total. The molecular formula is C26H41FN2O5. The summed E-state index contributed by atoms with van der Waals surface area (Å²) in [5.41, 5.74) is 0.175. The molecule has 1 fully saturated rings. The van der Waals surface area contributed by atoms with Crippen LogP contribution in [0.25, 0.3) is 0 Å². The molecule has 0 spiro atoms. The molecule has 192 valence electrons. The summed E-state index contributed by atoms with van der Waals surface area (Å²) < 4.78 is 23.9. The van der Waals surface area contributed by atoms with E-state index in [2.05, 4.69) is 12.2 Å². The van der Waals surface area contributed by atoms with Crippen molar-refractivity contribution in [2.45, 2.75) is 77.5 Å². The molecule has 8 heteroatoms. The maximum atomic E-state index is 13.4.